The monoisotopic (exact) mass is 382 g/mol. The molecule has 0 N–H and O–H groups in total. The lowest BCUT2D eigenvalue weighted by Crippen LogP contribution is -2.30. The molecule has 7 heteroatoms. The zero-order valence-corrected chi connectivity index (χ0v) is 16.0. The molecule has 0 bridgehead atoms. The van der Waals surface area contributed by atoms with E-state index in [4.69, 9.17) is 0 Å². The number of benzene rings is 1. The van der Waals surface area contributed by atoms with E-state index < -0.39 is 0 Å². The molecule has 1 aliphatic heterocycles. The van der Waals surface area contributed by atoms with E-state index in [9.17, 15) is 9.59 Å². The SMILES string of the molecule is C=CCn1c(SCCCCN2C(=O)c3ccccc3C2=O)nnc1C1CC1. The van der Waals surface area contributed by atoms with E-state index in [1.807, 2.05) is 6.08 Å². The lowest BCUT2D eigenvalue weighted by molar-refractivity contribution is 0.0652. The summed E-state index contributed by atoms with van der Waals surface area (Å²) in [5.41, 5.74) is 1.03. The van der Waals surface area contributed by atoms with Crippen molar-refractivity contribution >= 4 is 23.6 Å². The largest absolute Gasteiger partial charge is 0.302 e. The molecular formula is C20H22N4O2S. The topological polar surface area (TPSA) is 68.1 Å². The lowest BCUT2D eigenvalue weighted by atomic mass is 10.1. The van der Waals surface area contributed by atoms with Gasteiger partial charge in [0, 0.05) is 24.8 Å². The number of unbranched alkanes of at least 4 members (excludes halogenated alkanes) is 1. The van der Waals surface area contributed by atoms with Crippen LogP contribution in [0.15, 0.2) is 42.1 Å². The number of amides is 2. The zero-order valence-electron chi connectivity index (χ0n) is 15.1. The molecule has 140 valence electrons. The average Bonchev–Trinajstić information content (AvgIpc) is 3.41. The van der Waals surface area contributed by atoms with Crippen molar-refractivity contribution in [3.8, 4) is 0 Å². The Morgan fingerprint density at radius 1 is 1.11 bits per heavy atom. The van der Waals surface area contributed by atoms with Gasteiger partial charge >= 0.3 is 0 Å². The fraction of sp³-hybridized carbons (Fsp3) is 0.400. The van der Waals surface area contributed by atoms with E-state index in [-0.39, 0.29) is 11.8 Å². The van der Waals surface area contributed by atoms with Crippen LogP contribution in [0.5, 0.6) is 0 Å². The average molecular weight is 382 g/mol. The minimum absolute atomic E-state index is 0.178. The standard InChI is InChI=1S/C20H22N4O2S/c1-2-11-23-17(14-9-10-14)21-22-20(23)27-13-6-5-12-24-18(25)15-7-3-4-8-16(15)19(24)26/h2-4,7-8,14H,1,5-6,9-13H2. The van der Waals surface area contributed by atoms with Gasteiger partial charge in [-0.15, -0.1) is 16.8 Å². The number of carbonyl (C=O) groups is 2. The Hall–Kier alpha value is -2.41. The first-order valence-corrected chi connectivity index (χ1v) is 10.3. The van der Waals surface area contributed by atoms with E-state index in [1.165, 1.54) is 17.7 Å². The number of hydrogen-bond acceptors (Lipinski definition) is 5. The summed E-state index contributed by atoms with van der Waals surface area (Å²) in [7, 11) is 0. The van der Waals surface area contributed by atoms with Crippen molar-refractivity contribution in [1.82, 2.24) is 19.7 Å². The van der Waals surface area contributed by atoms with Gasteiger partial charge in [0.15, 0.2) is 5.16 Å². The number of rotatable bonds is 9. The van der Waals surface area contributed by atoms with Crippen LogP contribution in [0, 0.1) is 0 Å². The molecule has 1 aliphatic carbocycles. The summed E-state index contributed by atoms with van der Waals surface area (Å²) in [5, 5.41) is 9.61. The number of imide groups is 1. The molecule has 2 aliphatic rings. The third-order valence-electron chi connectivity index (χ3n) is 4.89. The van der Waals surface area contributed by atoms with Crippen molar-refractivity contribution in [3.63, 3.8) is 0 Å². The molecule has 1 aromatic heterocycles. The van der Waals surface area contributed by atoms with Crippen LogP contribution in [0.4, 0.5) is 0 Å². The van der Waals surface area contributed by atoms with Gasteiger partial charge in [0.05, 0.1) is 11.1 Å². The number of carbonyl (C=O) groups excluding carboxylic acids is 2. The number of aromatic nitrogens is 3. The molecule has 2 amide bonds. The molecule has 0 saturated heterocycles. The predicted octanol–water partition coefficient (Wildman–Crippen LogP) is 3.51. The van der Waals surface area contributed by atoms with Gasteiger partial charge in [-0.05, 0) is 37.8 Å². The molecular weight excluding hydrogens is 360 g/mol. The summed E-state index contributed by atoms with van der Waals surface area (Å²) in [6.07, 6.45) is 5.95. The maximum Gasteiger partial charge on any atom is 0.261 e. The van der Waals surface area contributed by atoms with Gasteiger partial charge < -0.3 is 4.57 Å². The Labute approximate surface area is 162 Å². The Balaban J connectivity index is 1.27. The molecule has 4 rings (SSSR count). The van der Waals surface area contributed by atoms with Crippen LogP contribution < -0.4 is 0 Å². The summed E-state index contributed by atoms with van der Waals surface area (Å²) in [6, 6.07) is 7.02. The first-order chi connectivity index (χ1) is 13.2. The van der Waals surface area contributed by atoms with Crippen molar-refractivity contribution in [1.29, 1.82) is 0 Å². The molecule has 0 unspecified atom stereocenters. The number of allylic oxidation sites excluding steroid dienone is 1. The van der Waals surface area contributed by atoms with Crippen molar-refractivity contribution in [2.24, 2.45) is 0 Å². The zero-order chi connectivity index (χ0) is 18.8. The van der Waals surface area contributed by atoms with E-state index >= 15 is 0 Å². The lowest BCUT2D eigenvalue weighted by Gasteiger charge is -2.13. The smallest absolute Gasteiger partial charge is 0.261 e. The normalized spacial score (nSPS) is 16.1. The minimum Gasteiger partial charge on any atom is -0.302 e. The maximum atomic E-state index is 12.4. The van der Waals surface area contributed by atoms with Gasteiger partial charge in [-0.3, -0.25) is 14.5 Å². The Kier molecular flexibility index (Phi) is 5.11. The van der Waals surface area contributed by atoms with Crippen molar-refractivity contribution in [2.45, 2.75) is 43.3 Å². The highest BCUT2D eigenvalue weighted by Gasteiger charge is 2.34. The van der Waals surface area contributed by atoms with Gasteiger partial charge in [0.25, 0.3) is 11.8 Å². The maximum absolute atomic E-state index is 12.4. The molecule has 0 atom stereocenters. The number of nitrogens with zero attached hydrogens (tertiary/aromatic N) is 4. The molecule has 6 nitrogen and oxygen atoms in total. The summed E-state index contributed by atoms with van der Waals surface area (Å²) < 4.78 is 2.15. The number of thioether (sulfide) groups is 1. The van der Waals surface area contributed by atoms with Crippen LogP contribution in [0.25, 0.3) is 0 Å². The second-order valence-electron chi connectivity index (χ2n) is 6.88. The molecule has 1 saturated carbocycles. The first kappa shape index (κ1) is 18.0. The highest BCUT2D eigenvalue weighted by molar-refractivity contribution is 7.99. The van der Waals surface area contributed by atoms with Crippen LogP contribution in [0.1, 0.15) is 58.1 Å². The Morgan fingerprint density at radius 2 is 1.81 bits per heavy atom. The third kappa shape index (κ3) is 3.56. The van der Waals surface area contributed by atoms with E-state index in [0.717, 1.165) is 36.1 Å². The minimum atomic E-state index is -0.178. The van der Waals surface area contributed by atoms with Crippen LogP contribution in [0.3, 0.4) is 0 Å². The predicted molar refractivity (Wildman–Crippen MR) is 104 cm³/mol. The number of fused-ring (bicyclic) bond motifs is 1. The molecule has 1 fully saturated rings. The van der Waals surface area contributed by atoms with Crippen LogP contribution in [-0.2, 0) is 6.54 Å². The van der Waals surface area contributed by atoms with E-state index in [2.05, 4.69) is 21.3 Å². The fourth-order valence-electron chi connectivity index (χ4n) is 3.33. The van der Waals surface area contributed by atoms with E-state index in [0.29, 0.717) is 23.6 Å². The molecule has 0 spiro atoms. The van der Waals surface area contributed by atoms with Gasteiger partial charge in [-0.2, -0.15) is 0 Å². The second-order valence-corrected chi connectivity index (χ2v) is 7.94. The Morgan fingerprint density at radius 3 is 2.44 bits per heavy atom. The highest BCUT2D eigenvalue weighted by Crippen LogP contribution is 2.40. The molecule has 2 heterocycles. The summed E-state index contributed by atoms with van der Waals surface area (Å²) in [5.74, 6) is 2.15. The van der Waals surface area contributed by atoms with Crippen LogP contribution in [0.2, 0.25) is 0 Å². The van der Waals surface area contributed by atoms with Crippen LogP contribution >= 0.6 is 11.8 Å². The molecule has 27 heavy (non-hydrogen) atoms. The molecule has 2 aromatic rings. The van der Waals surface area contributed by atoms with Crippen LogP contribution in [-0.4, -0.2) is 43.8 Å². The van der Waals surface area contributed by atoms with Crippen molar-refractivity contribution in [3.05, 3.63) is 53.9 Å². The summed E-state index contributed by atoms with van der Waals surface area (Å²) >= 11 is 1.68. The van der Waals surface area contributed by atoms with Gasteiger partial charge in [-0.1, -0.05) is 30.0 Å². The van der Waals surface area contributed by atoms with Gasteiger partial charge in [0.1, 0.15) is 5.82 Å². The second kappa shape index (κ2) is 7.68. The molecule has 0 radical (unpaired) electrons. The number of hydrogen-bond donors (Lipinski definition) is 0. The van der Waals surface area contributed by atoms with E-state index in [1.54, 1.807) is 36.0 Å². The van der Waals surface area contributed by atoms with Crippen molar-refractivity contribution < 1.29 is 9.59 Å². The third-order valence-corrected chi connectivity index (χ3v) is 5.94. The van der Waals surface area contributed by atoms with Crippen molar-refractivity contribution in [2.75, 3.05) is 12.3 Å². The quantitative estimate of drug-likeness (QED) is 0.287. The molecule has 1 aromatic carbocycles. The first-order valence-electron chi connectivity index (χ1n) is 9.32. The Bertz CT molecular complexity index is 853. The summed E-state index contributed by atoms with van der Waals surface area (Å²) in [4.78, 5) is 26.1. The van der Waals surface area contributed by atoms with Gasteiger partial charge in [-0.25, -0.2) is 0 Å². The highest BCUT2D eigenvalue weighted by atomic mass is 32.2. The van der Waals surface area contributed by atoms with Gasteiger partial charge in [0.2, 0.25) is 0 Å². The fourth-order valence-corrected chi connectivity index (χ4v) is 4.28. The summed E-state index contributed by atoms with van der Waals surface area (Å²) in [6.45, 7) is 5.02.